The molecular weight excluding hydrogens is 256 g/mol. The van der Waals surface area contributed by atoms with E-state index in [-0.39, 0.29) is 5.56 Å². The second kappa shape index (κ2) is 4.77. The van der Waals surface area contributed by atoms with Crippen LogP contribution in [0.5, 0.6) is 0 Å². The number of fused-ring (bicyclic) bond motifs is 2. The first-order chi connectivity index (χ1) is 9.70. The Hall–Kier alpha value is -2.69. The van der Waals surface area contributed by atoms with Crippen LogP contribution in [0.15, 0.2) is 46.8 Å². The van der Waals surface area contributed by atoms with Gasteiger partial charge in [0.25, 0.3) is 5.56 Å². The molecule has 0 amide bonds. The van der Waals surface area contributed by atoms with E-state index in [1.54, 1.807) is 36.6 Å². The quantitative estimate of drug-likeness (QED) is 0.736. The van der Waals surface area contributed by atoms with Gasteiger partial charge in [-0.1, -0.05) is 18.2 Å². The Balaban J connectivity index is 2.19. The highest BCUT2D eigenvalue weighted by atomic mass is 16.5. The molecule has 100 valence electrons. The van der Waals surface area contributed by atoms with E-state index in [9.17, 15) is 9.59 Å². The maximum atomic E-state index is 12.4. The fourth-order valence-electron chi connectivity index (χ4n) is 2.18. The van der Waals surface area contributed by atoms with Crippen LogP contribution in [-0.4, -0.2) is 22.6 Å². The van der Waals surface area contributed by atoms with Crippen LogP contribution in [0.25, 0.3) is 17.1 Å². The summed E-state index contributed by atoms with van der Waals surface area (Å²) in [6.07, 6.45) is 5.24. The number of nitrogens with zero attached hydrogens (tertiary/aromatic N) is 2. The highest BCUT2D eigenvalue weighted by Crippen LogP contribution is 2.13. The van der Waals surface area contributed by atoms with Crippen LogP contribution >= 0.6 is 0 Å². The van der Waals surface area contributed by atoms with Gasteiger partial charge in [0.2, 0.25) is 0 Å². The van der Waals surface area contributed by atoms with Gasteiger partial charge in [-0.2, -0.15) is 0 Å². The summed E-state index contributed by atoms with van der Waals surface area (Å²) in [5, 5.41) is 0.558. The molecule has 0 aliphatic carbocycles. The van der Waals surface area contributed by atoms with E-state index in [4.69, 9.17) is 0 Å². The molecule has 1 aromatic carbocycles. The van der Waals surface area contributed by atoms with E-state index in [0.717, 1.165) is 0 Å². The number of ether oxygens (including phenoxy) is 1. The number of aromatic nitrogens is 2. The maximum absolute atomic E-state index is 12.4. The molecule has 0 atom stereocenters. The zero-order valence-corrected chi connectivity index (χ0v) is 10.9. The van der Waals surface area contributed by atoms with Gasteiger partial charge in [0, 0.05) is 12.6 Å². The number of carbonyl (C=O) groups is 1. The van der Waals surface area contributed by atoms with Gasteiger partial charge in [0.05, 0.1) is 23.6 Å². The van der Waals surface area contributed by atoms with Crippen LogP contribution in [0, 0.1) is 0 Å². The summed E-state index contributed by atoms with van der Waals surface area (Å²) in [4.78, 5) is 28.4. The summed E-state index contributed by atoms with van der Waals surface area (Å²) in [6, 6.07) is 7.19. The number of benzene rings is 1. The standard InChI is InChI=1S/C15H12N2O3/c1-20-15(19)10-6-7-13-16-12-5-3-2-4-11(12)14(18)17(13)9-8-10/h2-6,8-9H,7H2,1H3. The molecule has 0 spiro atoms. The zero-order chi connectivity index (χ0) is 14.1. The van der Waals surface area contributed by atoms with Gasteiger partial charge in [-0.05, 0) is 18.2 Å². The van der Waals surface area contributed by atoms with Crippen molar-refractivity contribution < 1.29 is 9.53 Å². The summed E-state index contributed by atoms with van der Waals surface area (Å²) in [5.41, 5.74) is 0.940. The number of para-hydroxylation sites is 1. The van der Waals surface area contributed by atoms with Crippen LogP contribution in [0.3, 0.4) is 0 Å². The minimum Gasteiger partial charge on any atom is -0.465 e. The summed E-state index contributed by atoms with van der Waals surface area (Å²) in [5.74, 6) is 0.176. The Morgan fingerprint density at radius 3 is 2.95 bits per heavy atom. The second-order valence-electron chi connectivity index (χ2n) is 4.39. The number of esters is 1. The predicted molar refractivity (Wildman–Crippen MR) is 75.1 cm³/mol. The highest BCUT2D eigenvalue weighted by molar-refractivity contribution is 5.92. The van der Waals surface area contributed by atoms with E-state index in [0.29, 0.717) is 28.7 Å². The molecule has 0 saturated heterocycles. The molecule has 0 fully saturated rings. The van der Waals surface area contributed by atoms with Crippen LogP contribution in [0.1, 0.15) is 5.82 Å². The molecule has 2 heterocycles. The van der Waals surface area contributed by atoms with Crippen molar-refractivity contribution >= 4 is 23.1 Å². The predicted octanol–water partition coefficient (Wildman–Crippen LogP) is 1.52. The van der Waals surface area contributed by atoms with Gasteiger partial charge in [0.1, 0.15) is 5.82 Å². The fraction of sp³-hybridized carbons (Fsp3) is 0.133. The highest BCUT2D eigenvalue weighted by Gasteiger charge is 2.13. The number of rotatable bonds is 1. The monoisotopic (exact) mass is 268 g/mol. The summed E-state index contributed by atoms with van der Waals surface area (Å²) >= 11 is 0. The van der Waals surface area contributed by atoms with Crippen molar-refractivity contribution in [1.82, 2.24) is 9.55 Å². The van der Waals surface area contributed by atoms with Crippen molar-refractivity contribution in [2.45, 2.75) is 6.42 Å². The lowest BCUT2D eigenvalue weighted by Gasteiger charge is -2.06. The first-order valence-corrected chi connectivity index (χ1v) is 6.17. The van der Waals surface area contributed by atoms with Crippen LogP contribution in [-0.2, 0) is 16.0 Å². The van der Waals surface area contributed by atoms with Gasteiger partial charge < -0.3 is 4.74 Å². The van der Waals surface area contributed by atoms with Crippen LogP contribution in [0.4, 0.5) is 0 Å². The second-order valence-corrected chi connectivity index (χ2v) is 4.39. The average molecular weight is 268 g/mol. The Morgan fingerprint density at radius 1 is 1.35 bits per heavy atom. The lowest BCUT2D eigenvalue weighted by Crippen LogP contribution is -2.20. The first kappa shape index (κ1) is 12.3. The van der Waals surface area contributed by atoms with Crippen molar-refractivity contribution in [3.05, 3.63) is 58.2 Å². The Morgan fingerprint density at radius 2 is 2.15 bits per heavy atom. The normalized spacial score (nSPS) is 13.6. The minimum atomic E-state index is -0.424. The molecule has 1 aliphatic heterocycles. The third-order valence-electron chi connectivity index (χ3n) is 3.21. The smallest absolute Gasteiger partial charge is 0.337 e. The largest absolute Gasteiger partial charge is 0.465 e. The number of allylic oxidation sites excluding steroid dienone is 1. The zero-order valence-electron chi connectivity index (χ0n) is 10.9. The van der Waals surface area contributed by atoms with Crippen molar-refractivity contribution in [2.24, 2.45) is 0 Å². The van der Waals surface area contributed by atoms with Crippen LogP contribution in [0.2, 0.25) is 0 Å². The first-order valence-electron chi connectivity index (χ1n) is 6.17. The minimum absolute atomic E-state index is 0.138. The number of methoxy groups -OCH3 is 1. The number of carbonyl (C=O) groups excluding carboxylic acids is 1. The molecule has 5 nitrogen and oxygen atoms in total. The van der Waals surface area contributed by atoms with Crippen molar-refractivity contribution in [3.63, 3.8) is 0 Å². The van der Waals surface area contributed by atoms with Gasteiger partial charge >= 0.3 is 5.97 Å². The molecule has 0 unspecified atom stereocenters. The van der Waals surface area contributed by atoms with E-state index in [2.05, 4.69) is 9.72 Å². The van der Waals surface area contributed by atoms with E-state index < -0.39 is 5.97 Å². The fourth-order valence-corrected chi connectivity index (χ4v) is 2.18. The van der Waals surface area contributed by atoms with Gasteiger partial charge in [-0.15, -0.1) is 0 Å². The van der Waals surface area contributed by atoms with Crippen molar-refractivity contribution in [2.75, 3.05) is 7.11 Å². The van der Waals surface area contributed by atoms with E-state index in [1.807, 2.05) is 6.07 Å². The van der Waals surface area contributed by atoms with Gasteiger partial charge in [-0.25, -0.2) is 9.78 Å². The Kier molecular flexibility index (Phi) is 2.95. The Bertz CT molecular complexity index is 815. The van der Waals surface area contributed by atoms with Crippen LogP contribution < -0.4 is 5.56 Å². The van der Waals surface area contributed by atoms with Crippen molar-refractivity contribution in [3.8, 4) is 0 Å². The molecule has 0 saturated carbocycles. The van der Waals surface area contributed by atoms with Gasteiger partial charge in [0.15, 0.2) is 0 Å². The summed E-state index contributed by atoms with van der Waals surface area (Å²) in [7, 11) is 1.33. The molecule has 1 aromatic heterocycles. The number of hydrogen-bond donors (Lipinski definition) is 0. The lowest BCUT2D eigenvalue weighted by molar-refractivity contribution is -0.135. The topological polar surface area (TPSA) is 61.2 Å². The third-order valence-corrected chi connectivity index (χ3v) is 3.21. The third kappa shape index (κ3) is 1.93. The average Bonchev–Trinajstić information content (AvgIpc) is 2.69. The van der Waals surface area contributed by atoms with E-state index in [1.165, 1.54) is 11.7 Å². The summed E-state index contributed by atoms with van der Waals surface area (Å²) in [6.45, 7) is 0. The summed E-state index contributed by atoms with van der Waals surface area (Å²) < 4.78 is 6.15. The molecular formula is C15H12N2O3. The molecule has 0 N–H and O–H groups in total. The molecule has 1 aliphatic rings. The van der Waals surface area contributed by atoms with Crippen molar-refractivity contribution in [1.29, 1.82) is 0 Å². The molecule has 0 radical (unpaired) electrons. The SMILES string of the molecule is COC(=O)C1=CCc2nc3ccccc3c(=O)n2C=C1. The lowest BCUT2D eigenvalue weighted by atomic mass is 10.2. The molecule has 20 heavy (non-hydrogen) atoms. The molecule has 3 rings (SSSR count). The maximum Gasteiger partial charge on any atom is 0.337 e. The number of hydrogen-bond acceptors (Lipinski definition) is 4. The molecule has 2 aromatic rings. The Labute approximate surface area is 114 Å². The van der Waals surface area contributed by atoms with Gasteiger partial charge in [-0.3, -0.25) is 9.36 Å². The molecule has 5 heteroatoms. The van der Waals surface area contributed by atoms with E-state index >= 15 is 0 Å². The molecule has 0 bridgehead atoms.